The monoisotopic (exact) mass is 365 g/mol. The fourth-order valence-electron chi connectivity index (χ4n) is 2.86. The molecule has 0 fully saturated rings. The molecule has 0 saturated heterocycles. The van der Waals surface area contributed by atoms with Gasteiger partial charge in [0.1, 0.15) is 5.01 Å². The lowest BCUT2D eigenvalue weighted by atomic mass is 9.94. The highest BCUT2D eigenvalue weighted by atomic mass is 32.1. The molecule has 26 heavy (non-hydrogen) atoms. The van der Waals surface area contributed by atoms with Gasteiger partial charge >= 0.3 is 0 Å². The summed E-state index contributed by atoms with van der Waals surface area (Å²) in [6, 6.07) is 16.0. The van der Waals surface area contributed by atoms with E-state index >= 15 is 0 Å². The smallest absolute Gasteiger partial charge is 0.220 e. The van der Waals surface area contributed by atoms with Crippen LogP contribution in [-0.2, 0) is 17.6 Å². The third kappa shape index (κ3) is 5.23. The van der Waals surface area contributed by atoms with Crippen molar-refractivity contribution >= 4 is 17.2 Å². The van der Waals surface area contributed by atoms with Gasteiger partial charge < -0.3 is 5.32 Å². The Morgan fingerprint density at radius 2 is 1.88 bits per heavy atom. The van der Waals surface area contributed by atoms with Crippen LogP contribution in [0.4, 0.5) is 0 Å². The number of rotatable bonds is 7. The molecule has 3 rings (SSSR count). The first kappa shape index (κ1) is 18.3. The van der Waals surface area contributed by atoms with E-state index in [2.05, 4.69) is 41.3 Å². The van der Waals surface area contributed by atoms with E-state index < -0.39 is 0 Å². The van der Waals surface area contributed by atoms with Crippen LogP contribution in [0, 0.1) is 0 Å². The zero-order valence-electron chi connectivity index (χ0n) is 15.1. The van der Waals surface area contributed by atoms with E-state index in [9.17, 15) is 4.79 Å². The Morgan fingerprint density at radius 3 is 2.62 bits per heavy atom. The maximum Gasteiger partial charge on any atom is 0.220 e. The van der Waals surface area contributed by atoms with Crippen LogP contribution in [0.3, 0.4) is 0 Å². The number of carbonyl (C=O) groups excluding carboxylic acids is 1. The van der Waals surface area contributed by atoms with Crippen molar-refractivity contribution in [1.29, 1.82) is 0 Å². The maximum atomic E-state index is 12.4. The number of carbonyl (C=O) groups is 1. The Hall–Kier alpha value is -2.53. The number of nitrogens with one attached hydrogen (secondary N) is 1. The molecule has 5 heteroatoms. The topological polar surface area (TPSA) is 54.9 Å². The third-order valence-corrected chi connectivity index (χ3v) is 4.92. The first-order chi connectivity index (χ1) is 12.5. The number of benzene rings is 1. The molecule has 0 aliphatic heterocycles. The van der Waals surface area contributed by atoms with Crippen LogP contribution in [0.1, 0.15) is 31.5 Å². The van der Waals surface area contributed by atoms with E-state index in [4.69, 9.17) is 0 Å². The molecular weight excluding hydrogens is 342 g/mol. The normalized spacial score (nSPS) is 11.3. The molecule has 0 saturated carbocycles. The number of nitrogens with zero attached hydrogens (tertiary/aromatic N) is 2. The molecule has 2 heterocycles. The molecule has 0 spiro atoms. The largest absolute Gasteiger partial charge is 0.351 e. The molecule has 0 atom stereocenters. The molecule has 2 aromatic heterocycles. The van der Waals surface area contributed by atoms with Gasteiger partial charge in [-0.25, -0.2) is 4.98 Å². The second-order valence-corrected chi connectivity index (χ2v) is 7.81. The second-order valence-electron chi connectivity index (χ2n) is 6.95. The summed E-state index contributed by atoms with van der Waals surface area (Å²) in [5.41, 5.74) is 2.75. The van der Waals surface area contributed by atoms with Gasteiger partial charge in [-0.15, -0.1) is 11.3 Å². The molecule has 4 nitrogen and oxygen atoms in total. The maximum absolute atomic E-state index is 12.4. The van der Waals surface area contributed by atoms with E-state index in [1.165, 1.54) is 5.56 Å². The van der Waals surface area contributed by atoms with Crippen molar-refractivity contribution in [3.8, 4) is 10.7 Å². The summed E-state index contributed by atoms with van der Waals surface area (Å²) in [6.07, 6.45) is 3.64. The molecule has 0 aliphatic rings. The van der Waals surface area contributed by atoms with E-state index in [0.717, 1.165) is 22.8 Å². The van der Waals surface area contributed by atoms with Gasteiger partial charge in [0.15, 0.2) is 0 Å². The van der Waals surface area contributed by atoms with Gasteiger partial charge in [-0.2, -0.15) is 0 Å². The van der Waals surface area contributed by atoms with Crippen molar-refractivity contribution < 1.29 is 4.79 Å². The van der Waals surface area contributed by atoms with Gasteiger partial charge in [0.25, 0.3) is 0 Å². The van der Waals surface area contributed by atoms with Crippen LogP contribution in [-0.4, -0.2) is 21.4 Å². The lowest BCUT2D eigenvalue weighted by molar-refractivity contribution is -0.122. The van der Waals surface area contributed by atoms with Crippen LogP contribution in [0.5, 0.6) is 0 Å². The zero-order valence-corrected chi connectivity index (χ0v) is 15.9. The average molecular weight is 366 g/mol. The van der Waals surface area contributed by atoms with Gasteiger partial charge in [-0.05, 0) is 44.4 Å². The highest BCUT2D eigenvalue weighted by Gasteiger charge is 2.21. The highest BCUT2D eigenvalue weighted by Crippen LogP contribution is 2.22. The lowest BCUT2D eigenvalue weighted by Gasteiger charge is -2.26. The van der Waals surface area contributed by atoms with Gasteiger partial charge in [-0.1, -0.05) is 36.4 Å². The summed E-state index contributed by atoms with van der Waals surface area (Å²) in [5, 5.41) is 6.04. The fraction of sp³-hybridized carbons (Fsp3) is 0.286. The van der Waals surface area contributed by atoms with Crippen molar-refractivity contribution in [3.63, 3.8) is 0 Å². The Kier molecular flexibility index (Phi) is 5.78. The van der Waals surface area contributed by atoms with Crippen molar-refractivity contribution in [3.05, 3.63) is 71.4 Å². The predicted molar refractivity (Wildman–Crippen MR) is 106 cm³/mol. The fourth-order valence-corrected chi connectivity index (χ4v) is 3.69. The predicted octanol–water partition coefficient (Wildman–Crippen LogP) is 4.28. The van der Waals surface area contributed by atoms with Crippen molar-refractivity contribution in [2.75, 3.05) is 0 Å². The SMILES string of the molecule is CC(C)(Cc1ccccc1)NC(=O)CCc1csc(-c2ccccn2)n1. The molecular formula is C21H23N3OS. The number of hydrogen-bond acceptors (Lipinski definition) is 4. The molecule has 1 aromatic carbocycles. The summed E-state index contributed by atoms with van der Waals surface area (Å²) in [6.45, 7) is 4.11. The van der Waals surface area contributed by atoms with Gasteiger partial charge in [-0.3, -0.25) is 9.78 Å². The Balaban J connectivity index is 1.52. The number of amides is 1. The minimum absolute atomic E-state index is 0.0540. The first-order valence-corrected chi connectivity index (χ1v) is 9.60. The molecule has 1 amide bonds. The van der Waals surface area contributed by atoms with Crippen molar-refractivity contribution in [2.24, 2.45) is 0 Å². The highest BCUT2D eigenvalue weighted by molar-refractivity contribution is 7.13. The van der Waals surface area contributed by atoms with E-state index in [1.807, 2.05) is 41.8 Å². The summed E-state index contributed by atoms with van der Waals surface area (Å²) in [7, 11) is 0. The Bertz CT molecular complexity index is 844. The molecule has 1 N–H and O–H groups in total. The number of thiazole rings is 1. The van der Waals surface area contributed by atoms with Crippen LogP contribution in [0.2, 0.25) is 0 Å². The number of aromatic nitrogens is 2. The van der Waals surface area contributed by atoms with E-state index in [-0.39, 0.29) is 11.4 Å². The van der Waals surface area contributed by atoms with Crippen LogP contribution < -0.4 is 5.32 Å². The first-order valence-electron chi connectivity index (χ1n) is 8.73. The molecule has 0 bridgehead atoms. The number of aryl methyl sites for hydroxylation is 1. The average Bonchev–Trinajstić information content (AvgIpc) is 3.10. The second kappa shape index (κ2) is 8.23. The summed E-state index contributed by atoms with van der Waals surface area (Å²) in [4.78, 5) is 21.3. The summed E-state index contributed by atoms with van der Waals surface area (Å²) < 4.78 is 0. The molecule has 0 aliphatic carbocycles. The van der Waals surface area contributed by atoms with Crippen molar-refractivity contribution in [2.45, 2.75) is 38.6 Å². The standard InChI is InChI=1S/C21H23N3OS/c1-21(2,14-16-8-4-3-5-9-16)24-19(25)12-11-17-15-26-20(23-17)18-10-6-7-13-22-18/h3-10,13,15H,11-12,14H2,1-2H3,(H,24,25). The minimum atomic E-state index is -0.278. The van der Waals surface area contributed by atoms with Gasteiger partial charge in [0.2, 0.25) is 5.91 Å². The lowest BCUT2D eigenvalue weighted by Crippen LogP contribution is -2.45. The van der Waals surface area contributed by atoms with E-state index in [1.54, 1.807) is 17.5 Å². The van der Waals surface area contributed by atoms with Crippen molar-refractivity contribution in [1.82, 2.24) is 15.3 Å². The van der Waals surface area contributed by atoms with Gasteiger partial charge in [0.05, 0.1) is 11.4 Å². The minimum Gasteiger partial charge on any atom is -0.351 e. The molecule has 134 valence electrons. The Labute approximate surface area is 158 Å². The van der Waals surface area contributed by atoms with Crippen LogP contribution in [0.25, 0.3) is 10.7 Å². The third-order valence-electron chi connectivity index (χ3n) is 4.01. The Morgan fingerprint density at radius 1 is 1.12 bits per heavy atom. The molecule has 0 unspecified atom stereocenters. The quantitative estimate of drug-likeness (QED) is 0.680. The summed E-state index contributed by atoms with van der Waals surface area (Å²) in [5.74, 6) is 0.0540. The van der Waals surface area contributed by atoms with Crippen LogP contribution >= 0.6 is 11.3 Å². The molecule has 0 radical (unpaired) electrons. The molecule has 3 aromatic rings. The van der Waals surface area contributed by atoms with Crippen LogP contribution in [0.15, 0.2) is 60.1 Å². The number of pyridine rings is 1. The summed E-state index contributed by atoms with van der Waals surface area (Å²) >= 11 is 1.56. The number of hydrogen-bond donors (Lipinski definition) is 1. The zero-order chi connectivity index (χ0) is 18.4. The van der Waals surface area contributed by atoms with Gasteiger partial charge in [0, 0.05) is 23.5 Å². The van der Waals surface area contributed by atoms with E-state index in [0.29, 0.717) is 12.8 Å².